The van der Waals surface area contributed by atoms with E-state index >= 15 is 0 Å². The fourth-order valence-electron chi connectivity index (χ4n) is 2.87. The molecular formula is C21H20FN5OS. The molecule has 148 valence electrons. The Morgan fingerprint density at radius 1 is 1.17 bits per heavy atom. The smallest absolute Gasteiger partial charge is 0.237 e. The van der Waals surface area contributed by atoms with Gasteiger partial charge in [0.2, 0.25) is 5.91 Å². The Morgan fingerprint density at radius 2 is 1.90 bits per heavy atom. The summed E-state index contributed by atoms with van der Waals surface area (Å²) in [6, 6.07) is 17.5. The van der Waals surface area contributed by atoms with Crippen LogP contribution in [0.1, 0.15) is 13.3 Å². The van der Waals surface area contributed by atoms with E-state index in [-0.39, 0.29) is 30.4 Å². The Kier molecular flexibility index (Phi) is 6.98. The summed E-state index contributed by atoms with van der Waals surface area (Å²) in [4.78, 5) is 14.3. The van der Waals surface area contributed by atoms with Crippen molar-refractivity contribution < 1.29 is 9.18 Å². The molecule has 0 spiro atoms. The Balaban J connectivity index is 1.75. The van der Waals surface area contributed by atoms with Gasteiger partial charge in [0.15, 0.2) is 11.0 Å². The number of carbonyl (C=O) groups excluding carboxylic acids is 1. The molecule has 3 aromatic rings. The summed E-state index contributed by atoms with van der Waals surface area (Å²) in [5, 5.41) is 18.1. The van der Waals surface area contributed by atoms with E-state index in [0.29, 0.717) is 17.4 Å². The summed E-state index contributed by atoms with van der Waals surface area (Å²) in [7, 11) is 0. The fraction of sp³-hybridized carbons (Fsp3) is 0.238. The van der Waals surface area contributed by atoms with Crippen molar-refractivity contribution >= 4 is 23.4 Å². The normalized spacial score (nSPS) is 10.5. The number of hydrogen-bond acceptors (Lipinski definition) is 5. The highest BCUT2D eigenvalue weighted by Crippen LogP contribution is 2.25. The molecule has 0 atom stereocenters. The van der Waals surface area contributed by atoms with E-state index in [1.54, 1.807) is 0 Å². The first-order valence-corrected chi connectivity index (χ1v) is 10.2. The third kappa shape index (κ3) is 5.00. The molecule has 0 bridgehead atoms. The third-order valence-electron chi connectivity index (χ3n) is 4.28. The fourth-order valence-corrected chi connectivity index (χ4v) is 3.74. The topological polar surface area (TPSA) is 74.8 Å². The van der Waals surface area contributed by atoms with Crippen LogP contribution in [0.2, 0.25) is 0 Å². The van der Waals surface area contributed by atoms with Gasteiger partial charge in [0.25, 0.3) is 0 Å². The minimum Gasteiger partial charge on any atom is -0.311 e. The van der Waals surface area contributed by atoms with Gasteiger partial charge in [0.05, 0.1) is 18.2 Å². The van der Waals surface area contributed by atoms with Crippen LogP contribution in [0.25, 0.3) is 11.4 Å². The summed E-state index contributed by atoms with van der Waals surface area (Å²) in [5.41, 5.74) is 1.52. The number of thioether (sulfide) groups is 1. The molecule has 0 N–H and O–H groups in total. The molecule has 0 aliphatic rings. The van der Waals surface area contributed by atoms with Crippen LogP contribution in [0, 0.1) is 17.1 Å². The van der Waals surface area contributed by atoms with Crippen molar-refractivity contribution in [2.24, 2.45) is 0 Å². The molecule has 0 saturated carbocycles. The van der Waals surface area contributed by atoms with Crippen molar-refractivity contribution in [1.29, 1.82) is 5.26 Å². The van der Waals surface area contributed by atoms with Gasteiger partial charge in [0.1, 0.15) is 5.82 Å². The Morgan fingerprint density at radius 3 is 2.55 bits per heavy atom. The summed E-state index contributed by atoms with van der Waals surface area (Å²) >= 11 is 1.30. The highest BCUT2D eigenvalue weighted by molar-refractivity contribution is 7.99. The molecule has 0 radical (unpaired) electrons. The van der Waals surface area contributed by atoms with Gasteiger partial charge in [-0.15, -0.1) is 10.2 Å². The highest BCUT2D eigenvalue weighted by Gasteiger charge is 2.19. The van der Waals surface area contributed by atoms with Crippen LogP contribution < -0.4 is 4.90 Å². The zero-order valence-corrected chi connectivity index (χ0v) is 16.8. The summed E-state index contributed by atoms with van der Waals surface area (Å²) in [5.74, 6) is 0.336. The van der Waals surface area contributed by atoms with Crippen molar-refractivity contribution in [1.82, 2.24) is 14.8 Å². The second-order valence-electron chi connectivity index (χ2n) is 6.14. The van der Waals surface area contributed by atoms with E-state index in [1.807, 2.05) is 47.9 Å². The summed E-state index contributed by atoms with van der Waals surface area (Å²) in [6.45, 7) is 2.92. The molecular weight excluding hydrogens is 389 g/mol. The first-order valence-electron chi connectivity index (χ1n) is 9.18. The number of aromatic nitrogens is 3. The molecule has 0 aliphatic carbocycles. The van der Waals surface area contributed by atoms with Gasteiger partial charge in [0, 0.05) is 24.3 Å². The van der Waals surface area contributed by atoms with Crippen LogP contribution in [0.15, 0.2) is 59.8 Å². The van der Waals surface area contributed by atoms with Crippen molar-refractivity contribution in [2.45, 2.75) is 25.0 Å². The number of hydrogen-bond donors (Lipinski definition) is 0. The predicted molar refractivity (Wildman–Crippen MR) is 111 cm³/mol. The van der Waals surface area contributed by atoms with Crippen LogP contribution >= 0.6 is 11.8 Å². The van der Waals surface area contributed by atoms with E-state index in [9.17, 15) is 9.18 Å². The minimum absolute atomic E-state index is 0.135. The average molecular weight is 409 g/mol. The number of amides is 1. The lowest BCUT2D eigenvalue weighted by Crippen LogP contribution is -2.33. The van der Waals surface area contributed by atoms with Crippen LogP contribution in [-0.2, 0) is 11.3 Å². The molecule has 8 heteroatoms. The van der Waals surface area contributed by atoms with Crippen molar-refractivity contribution in [3.05, 3.63) is 60.4 Å². The Hall–Kier alpha value is -3.18. The van der Waals surface area contributed by atoms with E-state index in [2.05, 4.69) is 10.2 Å². The SMILES string of the molecule is CCn1c(SCC(=O)N(CCC#N)c2ccc(F)cc2)nnc1-c1ccccc1. The zero-order chi connectivity index (χ0) is 20.6. The second-order valence-corrected chi connectivity index (χ2v) is 7.08. The van der Waals surface area contributed by atoms with E-state index in [1.165, 1.54) is 40.9 Å². The summed E-state index contributed by atoms with van der Waals surface area (Å²) in [6.07, 6.45) is 0.192. The molecule has 0 unspecified atom stereocenters. The van der Waals surface area contributed by atoms with Crippen LogP contribution in [-0.4, -0.2) is 33.0 Å². The molecule has 0 saturated heterocycles. The molecule has 1 heterocycles. The molecule has 0 fully saturated rings. The minimum atomic E-state index is -0.375. The maximum Gasteiger partial charge on any atom is 0.237 e. The zero-order valence-electron chi connectivity index (χ0n) is 16.0. The predicted octanol–water partition coefficient (Wildman–Crippen LogP) is 4.14. The van der Waals surface area contributed by atoms with Crippen molar-refractivity contribution in [2.75, 3.05) is 17.2 Å². The Labute approximate surface area is 173 Å². The lowest BCUT2D eigenvalue weighted by molar-refractivity contribution is -0.116. The van der Waals surface area contributed by atoms with Gasteiger partial charge in [-0.25, -0.2) is 4.39 Å². The number of benzene rings is 2. The maximum atomic E-state index is 13.2. The number of rotatable bonds is 8. The number of carbonyl (C=O) groups is 1. The average Bonchev–Trinajstić information content (AvgIpc) is 3.17. The van der Waals surface area contributed by atoms with Crippen molar-refractivity contribution in [3.63, 3.8) is 0 Å². The second kappa shape index (κ2) is 9.85. The van der Waals surface area contributed by atoms with Gasteiger partial charge in [-0.05, 0) is 31.2 Å². The molecule has 29 heavy (non-hydrogen) atoms. The standard InChI is InChI=1S/C21H20FN5OS/c1-2-26-20(16-7-4-3-5-8-16)24-25-21(26)29-15-19(28)27(14-6-13-23)18-11-9-17(22)10-12-18/h3-5,7-12H,2,6,14-15H2,1H3. The molecule has 1 aromatic heterocycles. The van der Waals surface area contributed by atoms with Gasteiger partial charge < -0.3 is 9.47 Å². The molecule has 0 aliphatic heterocycles. The third-order valence-corrected chi connectivity index (χ3v) is 5.23. The van der Waals surface area contributed by atoms with Crippen LogP contribution in [0.5, 0.6) is 0 Å². The number of nitrogens with zero attached hydrogens (tertiary/aromatic N) is 5. The lowest BCUT2D eigenvalue weighted by atomic mass is 10.2. The molecule has 3 rings (SSSR count). The largest absolute Gasteiger partial charge is 0.311 e. The van der Waals surface area contributed by atoms with Gasteiger partial charge in [-0.1, -0.05) is 42.1 Å². The molecule has 2 aromatic carbocycles. The number of anilines is 1. The monoisotopic (exact) mass is 409 g/mol. The van der Waals surface area contributed by atoms with E-state index < -0.39 is 0 Å². The van der Waals surface area contributed by atoms with Gasteiger partial charge >= 0.3 is 0 Å². The number of halogens is 1. The highest BCUT2D eigenvalue weighted by atomic mass is 32.2. The number of nitriles is 1. The maximum absolute atomic E-state index is 13.2. The van der Waals surface area contributed by atoms with Crippen molar-refractivity contribution in [3.8, 4) is 17.5 Å². The van der Waals surface area contributed by atoms with Gasteiger partial charge in [-0.2, -0.15) is 5.26 Å². The first-order chi connectivity index (χ1) is 14.1. The van der Waals surface area contributed by atoms with Crippen LogP contribution in [0.3, 0.4) is 0 Å². The van der Waals surface area contributed by atoms with E-state index in [0.717, 1.165) is 11.4 Å². The van der Waals surface area contributed by atoms with Gasteiger partial charge in [-0.3, -0.25) is 4.79 Å². The molecule has 6 nitrogen and oxygen atoms in total. The summed E-state index contributed by atoms with van der Waals surface area (Å²) < 4.78 is 15.2. The molecule has 1 amide bonds. The van der Waals surface area contributed by atoms with E-state index in [4.69, 9.17) is 5.26 Å². The Bertz CT molecular complexity index is 998. The van der Waals surface area contributed by atoms with Crippen LogP contribution in [0.4, 0.5) is 10.1 Å². The lowest BCUT2D eigenvalue weighted by Gasteiger charge is -2.21. The quantitative estimate of drug-likeness (QED) is 0.523. The first kappa shape index (κ1) is 20.6.